The van der Waals surface area contributed by atoms with Crippen LogP contribution < -0.4 is 0 Å². The predicted octanol–water partition coefficient (Wildman–Crippen LogP) is 5.58. The highest BCUT2D eigenvalue weighted by atomic mass is 79.9. The molecule has 3 nitrogen and oxygen atoms in total. The number of carbonyl (C=O) groups excluding carboxylic acids is 1. The Morgan fingerprint density at radius 3 is 2.35 bits per heavy atom. The molecule has 3 aromatic carbocycles. The standard InChI is InChI=1S/C22H13BrN2O/c1-12-11-16(23)17-18-19(12)24-22(13-7-3-2-4-8-13)25-20(18)14-9-5-6-10-15(14)21(17)26/h2-11H,1H3. The van der Waals surface area contributed by atoms with Gasteiger partial charge >= 0.3 is 0 Å². The Balaban J connectivity index is 1.98. The molecule has 0 N–H and O–H groups in total. The summed E-state index contributed by atoms with van der Waals surface area (Å²) in [5.41, 5.74) is 5.83. The summed E-state index contributed by atoms with van der Waals surface area (Å²) in [6.07, 6.45) is 0. The molecular formula is C22H13BrN2O. The fourth-order valence-electron chi connectivity index (χ4n) is 3.59. The Morgan fingerprint density at radius 1 is 0.885 bits per heavy atom. The quantitative estimate of drug-likeness (QED) is 0.368. The lowest BCUT2D eigenvalue weighted by Gasteiger charge is -2.21. The zero-order valence-electron chi connectivity index (χ0n) is 14.0. The predicted molar refractivity (Wildman–Crippen MR) is 106 cm³/mol. The first-order chi connectivity index (χ1) is 12.6. The third-order valence-electron chi connectivity index (χ3n) is 4.80. The molecule has 4 heteroatoms. The molecule has 0 atom stereocenters. The molecular weight excluding hydrogens is 388 g/mol. The minimum Gasteiger partial charge on any atom is -0.289 e. The van der Waals surface area contributed by atoms with Crippen LogP contribution in [-0.4, -0.2) is 15.8 Å². The third-order valence-corrected chi connectivity index (χ3v) is 5.43. The van der Waals surface area contributed by atoms with Crippen LogP contribution in [0.1, 0.15) is 21.5 Å². The van der Waals surface area contributed by atoms with E-state index in [2.05, 4.69) is 15.9 Å². The van der Waals surface area contributed by atoms with Gasteiger partial charge in [-0.3, -0.25) is 4.79 Å². The van der Waals surface area contributed by atoms with Crippen LogP contribution >= 0.6 is 15.9 Å². The van der Waals surface area contributed by atoms with E-state index in [1.54, 1.807) is 0 Å². The topological polar surface area (TPSA) is 42.9 Å². The number of halogens is 1. The van der Waals surface area contributed by atoms with Crippen molar-refractivity contribution in [2.24, 2.45) is 0 Å². The van der Waals surface area contributed by atoms with Crippen molar-refractivity contribution in [3.8, 4) is 22.6 Å². The lowest BCUT2D eigenvalue weighted by atomic mass is 9.86. The van der Waals surface area contributed by atoms with Crippen LogP contribution in [0.15, 0.2) is 65.1 Å². The van der Waals surface area contributed by atoms with E-state index in [1.807, 2.05) is 67.6 Å². The molecule has 0 saturated heterocycles. The molecule has 0 fully saturated rings. The number of nitrogens with zero attached hydrogens (tertiary/aromatic N) is 2. The maximum Gasteiger partial charge on any atom is 0.195 e. The molecule has 0 amide bonds. The molecule has 0 aliphatic heterocycles. The lowest BCUT2D eigenvalue weighted by Crippen LogP contribution is -2.13. The SMILES string of the molecule is Cc1cc(Br)c2c3c(nc(-c4ccccc4)nc13)-c1ccccc1C2=O. The highest BCUT2D eigenvalue weighted by Gasteiger charge is 2.30. The van der Waals surface area contributed by atoms with Crippen LogP contribution in [0.4, 0.5) is 0 Å². The molecule has 1 aliphatic carbocycles. The van der Waals surface area contributed by atoms with Crippen molar-refractivity contribution in [3.63, 3.8) is 0 Å². The minimum absolute atomic E-state index is 0.0148. The number of ketones is 1. The first-order valence-electron chi connectivity index (χ1n) is 8.35. The number of benzene rings is 3. The molecule has 0 radical (unpaired) electrons. The number of rotatable bonds is 1. The van der Waals surface area contributed by atoms with Gasteiger partial charge in [0, 0.05) is 32.1 Å². The van der Waals surface area contributed by atoms with Crippen molar-refractivity contribution in [2.75, 3.05) is 0 Å². The maximum atomic E-state index is 13.1. The molecule has 1 aliphatic rings. The summed E-state index contributed by atoms with van der Waals surface area (Å²) in [6, 6.07) is 19.6. The molecule has 4 aromatic rings. The largest absolute Gasteiger partial charge is 0.289 e. The van der Waals surface area contributed by atoms with Crippen LogP contribution in [0, 0.1) is 6.92 Å². The third kappa shape index (κ3) is 2.09. The van der Waals surface area contributed by atoms with Gasteiger partial charge in [0.2, 0.25) is 0 Å². The van der Waals surface area contributed by atoms with E-state index >= 15 is 0 Å². The van der Waals surface area contributed by atoms with Gasteiger partial charge < -0.3 is 0 Å². The lowest BCUT2D eigenvalue weighted by molar-refractivity contribution is 0.103. The van der Waals surface area contributed by atoms with E-state index in [4.69, 9.17) is 9.97 Å². The summed E-state index contributed by atoms with van der Waals surface area (Å²) in [5, 5.41) is 0.834. The maximum absolute atomic E-state index is 13.1. The van der Waals surface area contributed by atoms with E-state index < -0.39 is 0 Å². The zero-order chi connectivity index (χ0) is 17.8. The molecule has 0 spiro atoms. The number of aromatic nitrogens is 2. The summed E-state index contributed by atoms with van der Waals surface area (Å²) < 4.78 is 0.791. The summed E-state index contributed by atoms with van der Waals surface area (Å²) in [7, 11) is 0. The average Bonchev–Trinajstić information content (AvgIpc) is 2.67. The van der Waals surface area contributed by atoms with Crippen molar-refractivity contribution in [1.29, 1.82) is 0 Å². The van der Waals surface area contributed by atoms with Crippen LogP contribution in [0.2, 0.25) is 0 Å². The van der Waals surface area contributed by atoms with Gasteiger partial charge in [-0.25, -0.2) is 9.97 Å². The molecule has 26 heavy (non-hydrogen) atoms. The Hall–Kier alpha value is -2.85. The molecule has 0 saturated carbocycles. The van der Waals surface area contributed by atoms with Crippen LogP contribution in [0.3, 0.4) is 0 Å². The van der Waals surface area contributed by atoms with Gasteiger partial charge in [0.1, 0.15) is 0 Å². The molecule has 0 unspecified atom stereocenters. The van der Waals surface area contributed by atoms with E-state index in [0.717, 1.165) is 37.8 Å². The smallest absolute Gasteiger partial charge is 0.195 e. The summed E-state index contributed by atoms with van der Waals surface area (Å²) >= 11 is 3.58. The van der Waals surface area contributed by atoms with Gasteiger partial charge in [0.05, 0.1) is 11.2 Å². The molecule has 1 heterocycles. The van der Waals surface area contributed by atoms with E-state index in [9.17, 15) is 4.79 Å². The highest BCUT2D eigenvalue weighted by Crippen LogP contribution is 2.42. The van der Waals surface area contributed by atoms with E-state index in [1.165, 1.54) is 0 Å². The second-order valence-corrected chi connectivity index (χ2v) is 7.26. The van der Waals surface area contributed by atoms with Gasteiger partial charge in [0.25, 0.3) is 0 Å². The fourth-order valence-corrected chi connectivity index (χ4v) is 4.31. The Bertz CT molecular complexity index is 1220. The summed E-state index contributed by atoms with van der Waals surface area (Å²) in [5.74, 6) is 0.690. The van der Waals surface area contributed by atoms with Crippen LogP contribution in [-0.2, 0) is 0 Å². The van der Waals surface area contributed by atoms with Crippen molar-refractivity contribution in [1.82, 2.24) is 9.97 Å². The first-order valence-corrected chi connectivity index (χ1v) is 9.15. The van der Waals surface area contributed by atoms with Gasteiger partial charge in [-0.2, -0.15) is 0 Å². The minimum atomic E-state index is 0.0148. The number of fused-ring (bicyclic) bond motifs is 2. The normalized spacial score (nSPS) is 12.3. The van der Waals surface area contributed by atoms with Crippen LogP contribution in [0.5, 0.6) is 0 Å². The van der Waals surface area contributed by atoms with Gasteiger partial charge in [-0.1, -0.05) is 54.6 Å². The average molecular weight is 401 g/mol. The second kappa shape index (κ2) is 5.58. The molecule has 124 valence electrons. The monoisotopic (exact) mass is 400 g/mol. The Kier molecular flexibility index (Phi) is 3.31. The Morgan fingerprint density at radius 2 is 1.58 bits per heavy atom. The number of hydrogen-bond donors (Lipinski definition) is 0. The van der Waals surface area contributed by atoms with Crippen LogP contribution in [0.25, 0.3) is 33.5 Å². The highest BCUT2D eigenvalue weighted by molar-refractivity contribution is 9.10. The van der Waals surface area contributed by atoms with E-state index in [-0.39, 0.29) is 5.78 Å². The number of hydrogen-bond acceptors (Lipinski definition) is 3. The van der Waals surface area contributed by atoms with Gasteiger partial charge in [0.15, 0.2) is 11.6 Å². The number of carbonyl (C=O) groups is 1. The van der Waals surface area contributed by atoms with Gasteiger partial charge in [-0.05, 0) is 34.5 Å². The van der Waals surface area contributed by atoms with E-state index in [0.29, 0.717) is 17.0 Å². The van der Waals surface area contributed by atoms with Crippen molar-refractivity contribution in [3.05, 3.63) is 81.8 Å². The van der Waals surface area contributed by atoms with Crippen molar-refractivity contribution < 1.29 is 4.79 Å². The number of aryl methyl sites for hydroxylation is 1. The zero-order valence-corrected chi connectivity index (χ0v) is 15.5. The van der Waals surface area contributed by atoms with Crippen molar-refractivity contribution in [2.45, 2.75) is 6.92 Å². The molecule has 0 bridgehead atoms. The van der Waals surface area contributed by atoms with Crippen molar-refractivity contribution >= 4 is 32.6 Å². The summed E-state index contributed by atoms with van der Waals surface area (Å²) in [6.45, 7) is 2.01. The second-order valence-electron chi connectivity index (χ2n) is 6.41. The molecule has 1 aromatic heterocycles. The van der Waals surface area contributed by atoms with Gasteiger partial charge in [-0.15, -0.1) is 0 Å². The Labute approximate surface area is 158 Å². The molecule has 5 rings (SSSR count). The first kappa shape index (κ1) is 15.4. The fraction of sp³-hybridized carbons (Fsp3) is 0.0455. The summed E-state index contributed by atoms with van der Waals surface area (Å²) in [4.78, 5) is 22.8.